The van der Waals surface area contributed by atoms with Crippen molar-refractivity contribution in [2.24, 2.45) is 5.41 Å². The monoisotopic (exact) mass is 272 g/mol. The fraction of sp³-hybridized carbons (Fsp3) is 0.438. The number of hydroxylamine groups is 2. The minimum Gasteiger partial charge on any atom is -0.367 e. The molecule has 2 aromatic rings. The largest absolute Gasteiger partial charge is 0.367 e. The van der Waals surface area contributed by atoms with Crippen molar-refractivity contribution in [3.8, 4) is 0 Å². The van der Waals surface area contributed by atoms with Gasteiger partial charge in [-0.1, -0.05) is 6.07 Å². The minimum absolute atomic E-state index is 0.169. The number of nitrogens with zero attached hydrogens (tertiary/aromatic N) is 1. The van der Waals surface area contributed by atoms with Crippen LogP contribution in [-0.4, -0.2) is 29.1 Å². The highest BCUT2D eigenvalue weighted by Crippen LogP contribution is 2.30. The molecule has 2 heterocycles. The average molecular weight is 272 g/mol. The summed E-state index contributed by atoms with van der Waals surface area (Å²) < 4.78 is 0. The van der Waals surface area contributed by atoms with Crippen molar-refractivity contribution in [3.63, 3.8) is 0 Å². The van der Waals surface area contributed by atoms with Crippen LogP contribution >= 0.6 is 0 Å². The molecule has 1 saturated heterocycles. The molecule has 4 nitrogen and oxygen atoms in total. The van der Waals surface area contributed by atoms with Crippen molar-refractivity contribution in [3.05, 3.63) is 36.0 Å². The molecule has 1 N–H and O–H groups in total. The number of fused-ring (bicyclic) bond motifs is 1. The molecule has 1 aliphatic rings. The molecule has 0 unspecified atom stereocenters. The van der Waals surface area contributed by atoms with E-state index in [0.717, 1.165) is 18.6 Å². The highest BCUT2D eigenvalue weighted by Gasteiger charge is 2.34. The maximum Gasteiger partial charge on any atom is 0.330 e. The Hall–Kier alpha value is -1.81. The van der Waals surface area contributed by atoms with Crippen molar-refractivity contribution in [2.75, 3.05) is 13.1 Å². The van der Waals surface area contributed by atoms with Gasteiger partial charge in [-0.2, -0.15) is 0 Å². The number of hydrogen-bond acceptors (Lipinski definition) is 3. The van der Waals surface area contributed by atoms with Crippen LogP contribution in [0.5, 0.6) is 0 Å². The van der Waals surface area contributed by atoms with Gasteiger partial charge in [0.15, 0.2) is 0 Å². The third kappa shape index (κ3) is 2.43. The number of carbonyl (C=O) groups excluding carboxylic acids is 1. The summed E-state index contributed by atoms with van der Waals surface area (Å²) in [6.45, 7) is 7.15. The summed E-state index contributed by atoms with van der Waals surface area (Å²) in [7, 11) is 0. The van der Waals surface area contributed by atoms with Crippen molar-refractivity contribution >= 4 is 16.9 Å². The Bertz CT molecular complexity index is 633. The molecule has 3 rings (SSSR count). The first-order chi connectivity index (χ1) is 9.43. The summed E-state index contributed by atoms with van der Waals surface area (Å²) in [5.41, 5.74) is 2.01. The highest BCUT2D eigenvalue weighted by atomic mass is 16.7. The molecule has 0 radical (unpaired) electrons. The van der Waals surface area contributed by atoms with Gasteiger partial charge in [-0.3, -0.25) is 0 Å². The molecule has 106 valence electrons. The van der Waals surface area contributed by atoms with Gasteiger partial charge >= 0.3 is 5.97 Å². The number of carbonyl (C=O) groups is 1. The maximum absolute atomic E-state index is 11.8. The quantitative estimate of drug-likeness (QED) is 0.913. The van der Waals surface area contributed by atoms with Gasteiger partial charge in [0.05, 0.1) is 5.41 Å². The Balaban J connectivity index is 1.61. The van der Waals surface area contributed by atoms with Gasteiger partial charge in [-0.25, -0.2) is 4.79 Å². The second kappa shape index (κ2) is 4.63. The van der Waals surface area contributed by atoms with Crippen molar-refractivity contribution < 1.29 is 9.63 Å². The zero-order chi connectivity index (χ0) is 14.3. The van der Waals surface area contributed by atoms with E-state index in [4.69, 9.17) is 4.84 Å². The topological polar surface area (TPSA) is 45.3 Å². The number of H-pyrrole nitrogens is 1. The molecule has 1 aromatic carbocycles. The number of rotatable bonds is 2. The zero-order valence-electron chi connectivity index (χ0n) is 12.1. The van der Waals surface area contributed by atoms with Crippen LogP contribution in [0.15, 0.2) is 30.5 Å². The fourth-order valence-electron chi connectivity index (χ4n) is 2.30. The Morgan fingerprint density at radius 1 is 1.30 bits per heavy atom. The van der Waals surface area contributed by atoms with E-state index in [2.05, 4.69) is 29.2 Å². The third-order valence-electron chi connectivity index (χ3n) is 3.72. The van der Waals surface area contributed by atoms with Crippen LogP contribution in [0.4, 0.5) is 0 Å². The van der Waals surface area contributed by atoms with Gasteiger partial charge in [0, 0.05) is 30.7 Å². The molecule has 0 saturated carbocycles. The Kier molecular flexibility index (Phi) is 3.05. The molecule has 4 heteroatoms. The number of nitrogens with one attached hydrogen (secondary N) is 1. The fourth-order valence-corrected chi connectivity index (χ4v) is 2.30. The lowest BCUT2D eigenvalue weighted by molar-refractivity contribution is -0.220. The molecule has 1 aliphatic heterocycles. The lowest BCUT2D eigenvalue weighted by Gasteiger charge is -2.38. The summed E-state index contributed by atoms with van der Waals surface area (Å²) in [4.78, 5) is 20.3. The number of aromatic amines is 1. The van der Waals surface area contributed by atoms with Gasteiger partial charge in [-0.05, 0) is 49.9 Å². The molecular formula is C16H20N2O2. The maximum atomic E-state index is 11.8. The predicted octanol–water partition coefficient (Wildman–Crippen LogP) is 3.07. The summed E-state index contributed by atoms with van der Waals surface area (Å²) >= 11 is 0. The van der Waals surface area contributed by atoms with Crippen molar-refractivity contribution in [2.45, 2.75) is 26.7 Å². The Morgan fingerprint density at radius 3 is 2.75 bits per heavy atom. The summed E-state index contributed by atoms with van der Waals surface area (Å²) in [5.74, 6) is 0.277. The molecule has 20 heavy (non-hydrogen) atoms. The zero-order valence-corrected chi connectivity index (χ0v) is 12.1. The Morgan fingerprint density at radius 2 is 2.05 bits per heavy atom. The number of benzene rings is 1. The van der Waals surface area contributed by atoms with Gasteiger partial charge in [-0.15, -0.1) is 5.06 Å². The van der Waals surface area contributed by atoms with E-state index in [9.17, 15) is 4.79 Å². The van der Waals surface area contributed by atoms with Crippen LogP contribution in [0.3, 0.4) is 0 Å². The first-order valence-electron chi connectivity index (χ1n) is 6.98. The van der Waals surface area contributed by atoms with Crippen LogP contribution in [0.25, 0.3) is 10.9 Å². The normalized spacial score (nSPS) is 17.1. The van der Waals surface area contributed by atoms with Gasteiger partial charge in [0.1, 0.15) is 0 Å². The van der Waals surface area contributed by atoms with Gasteiger partial charge in [0.2, 0.25) is 0 Å². The average Bonchev–Trinajstić information content (AvgIpc) is 2.78. The third-order valence-corrected chi connectivity index (χ3v) is 3.72. The number of aromatic nitrogens is 1. The van der Waals surface area contributed by atoms with Gasteiger partial charge in [0.25, 0.3) is 0 Å². The van der Waals surface area contributed by atoms with E-state index in [1.807, 2.05) is 27.0 Å². The van der Waals surface area contributed by atoms with E-state index in [1.165, 1.54) is 10.9 Å². The molecule has 0 amide bonds. The van der Waals surface area contributed by atoms with Crippen LogP contribution in [0, 0.1) is 5.41 Å². The highest BCUT2D eigenvalue weighted by molar-refractivity contribution is 5.80. The van der Waals surface area contributed by atoms with Crippen LogP contribution in [0.2, 0.25) is 0 Å². The summed E-state index contributed by atoms with van der Waals surface area (Å²) in [5, 5.41) is 2.98. The molecule has 0 atom stereocenters. The van der Waals surface area contributed by atoms with Crippen molar-refractivity contribution in [1.29, 1.82) is 0 Å². The lowest BCUT2D eigenvalue weighted by atomic mass is 9.92. The van der Waals surface area contributed by atoms with Crippen LogP contribution in [-0.2, 0) is 9.63 Å². The molecule has 0 aliphatic carbocycles. The summed E-state index contributed by atoms with van der Waals surface area (Å²) in [6.07, 6.45) is 1.95. The van der Waals surface area contributed by atoms with Crippen molar-refractivity contribution in [1.82, 2.24) is 10.0 Å². The second-order valence-electron chi connectivity index (χ2n) is 6.50. The molecule has 1 aromatic heterocycles. The minimum atomic E-state index is -0.449. The van der Waals surface area contributed by atoms with E-state index in [1.54, 1.807) is 5.06 Å². The number of hydrogen-bond donors (Lipinski definition) is 1. The SMILES string of the molecule is CC(C)(C)C(=O)ON1CC(c2ccc3[nH]ccc3c2)C1. The van der Waals surface area contributed by atoms with E-state index in [0.29, 0.717) is 5.92 Å². The first kappa shape index (κ1) is 13.2. The van der Waals surface area contributed by atoms with Crippen LogP contribution < -0.4 is 0 Å². The first-order valence-corrected chi connectivity index (χ1v) is 6.98. The second-order valence-corrected chi connectivity index (χ2v) is 6.50. The predicted molar refractivity (Wildman–Crippen MR) is 78.2 cm³/mol. The summed E-state index contributed by atoms with van der Waals surface area (Å²) in [6, 6.07) is 8.54. The molecule has 0 spiro atoms. The molecular weight excluding hydrogens is 252 g/mol. The van der Waals surface area contributed by atoms with E-state index >= 15 is 0 Å². The van der Waals surface area contributed by atoms with Gasteiger partial charge < -0.3 is 9.82 Å². The van der Waals surface area contributed by atoms with E-state index < -0.39 is 5.41 Å². The standard InChI is InChI=1S/C16H20N2O2/c1-16(2,3)15(19)20-18-9-13(10-18)11-4-5-14-12(8-11)6-7-17-14/h4-8,13,17H,9-10H2,1-3H3. The Labute approximate surface area is 118 Å². The molecule has 1 fully saturated rings. The molecule has 0 bridgehead atoms. The smallest absolute Gasteiger partial charge is 0.330 e. The van der Waals surface area contributed by atoms with Crippen LogP contribution in [0.1, 0.15) is 32.3 Å². The van der Waals surface area contributed by atoms with E-state index in [-0.39, 0.29) is 5.97 Å². The lowest BCUT2D eigenvalue weighted by Crippen LogP contribution is -2.47.